The molecule has 0 spiro atoms. The van der Waals surface area contributed by atoms with Crippen molar-refractivity contribution in [1.82, 2.24) is 0 Å². The number of hydrogen-bond donors (Lipinski definition) is 0. The third kappa shape index (κ3) is 23.7. The van der Waals surface area contributed by atoms with Crippen molar-refractivity contribution in [3.8, 4) is 0 Å². The maximum atomic E-state index is 11.3. The minimum atomic E-state index is -1.92. The molecule has 0 rings (SSSR count). The molecule has 0 aromatic rings. The van der Waals surface area contributed by atoms with Crippen molar-refractivity contribution in [3.63, 3.8) is 0 Å². The third-order valence-electron chi connectivity index (χ3n) is 7.73. The Kier molecular flexibility index (Phi) is 34.1. The van der Waals surface area contributed by atoms with Gasteiger partial charge in [-0.05, 0) is 33.3 Å². The average Bonchev–Trinajstić information content (AvgIpc) is 2.87. The first-order valence-corrected chi connectivity index (χ1v) is 23.7. The van der Waals surface area contributed by atoms with E-state index in [0.717, 1.165) is 72.5 Å². The quantitative estimate of drug-likeness (QED) is 0.275. The molecule has 0 N–H and O–H groups in total. The average molecular weight is 616 g/mol. The van der Waals surface area contributed by atoms with Crippen LogP contribution in [0.5, 0.6) is 0 Å². The van der Waals surface area contributed by atoms with Gasteiger partial charge in [-0.15, -0.1) is 0 Å². The summed E-state index contributed by atoms with van der Waals surface area (Å²) < 4.78 is 0. The van der Waals surface area contributed by atoms with Crippen molar-refractivity contribution < 1.29 is 45.4 Å². The molecule has 0 heterocycles. The molecular weight excluding hydrogens is 556 g/mol. The molecule has 0 fully saturated rings. The molecule has 9 heteroatoms. The standard InChI is InChI=1S/4C6H15OSi.Zr/c4*1-4-8(7,5-2)6-3;/h4*4-6H2,1-3H3;/q4*-1;+4. The molecule has 0 saturated heterocycles. The molecule has 0 bridgehead atoms. The van der Waals surface area contributed by atoms with Crippen molar-refractivity contribution in [2.24, 2.45) is 0 Å². The van der Waals surface area contributed by atoms with Crippen molar-refractivity contribution >= 4 is 33.3 Å². The van der Waals surface area contributed by atoms with Crippen LogP contribution in [0.1, 0.15) is 83.1 Å². The predicted octanol–water partition coefficient (Wildman–Crippen LogP) is 5.41. The smallest absolute Gasteiger partial charge is 0.858 e. The van der Waals surface area contributed by atoms with Crippen LogP contribution in [-0.4, -0.2) is 33.3 Å². The van der Waals surface area contributed by atoms with Gasteiger partial charge in [-0.2, -0.15) is 0 Å². The molecule has 0 saturated carbocycles. The third-order valence-corrected chi connectivity index (χ3v) is 23.2. The van der Waals surface area contributed by atoms with Crippen LogP contribution in [0.2, 0.25) is 72.5 Å². The molecule has 0 amide bonds. The summed E-state index contributed by atoms with van der Waals surface area (Å²) in [7, 11) is -7.69. The molecular formula is C24H60O4Si4Zr. The number of rotatable bonds is 12. The Bertz CT molecular complexity index is 284. The summed E-state index contributed by atoms with van der Waals surface area (Å²) in [6.07, 6.45) is 0. The van der Waals surface area contributed by atoms with Gasteiger partial charge in [-0.25, -0.2) is 0 Å². The van der Waals surface area contributed by atoms with Gasteiger partial charge in [0, 0.05) is 0 Å². The van der Waals surface area contributed by atoms with Gasteiger partial charge in [0.05, 0.1) is 0 Å². The second-order valence-electron chi connectivity index (χ2n) is 8.97. The van der Waals surface area contributed by atoms with E-state index in [1.165, 1.54) is 0 Å². The van der Waals surface area contributed by atoms with Gasteiger partial charge >= 0.3 is 26.2 Å². The van der Waals surface area contributed by atoms with Crippen LogP contribution >= 0.6 is 0 Å². The Hall–Kier alpha value is 1.59. The minimum Gasteiger partial charge on any atom is -0.858 e. The maximum absolute atomic E-state index is 11.3. The zero-order valence-corrected chi connectivity index (χ0v) is 31.1. The number of hydrogen-bond acceptors (Lipinski definition) is 4. The SMILES string of the molecule is CC[Si]([O-])(CC)CC.CC[Si]([O-])(CC)CC.CC[Si]([O-])(CC)CC.CC[Si]([O-])(CC)CC.[Zr+4]. The first kappa shape index (κ1) is 44.6. The van der Waals surface area contributed by atoms with Crippen LogP contribution in [0.3, 0.4) is 0 Å². The molecule has 0 aliphatic heterocycles. The Morgan fingerprint density at radius 1 is 0.273 bits per heavy atom. The topological polar surface area (TPSA) is 92.2 Å². The first-order valence-electron chi connectivity index (χ1n) is 13.5. The molecule has 0 atom stereocenters. The van der Waals surface area contributed by atoms with Crippen molar-refractivity contribution in [1.29, 1.82) is 0 Å². The monoisotopic (exact) mass is 614 g/mol. The molecule has 0 aromatic carbocycles. The Balaban J connectivity index is -0.000000105. The van der Waals surface area contributed by atoms with E-state index in [2.05, 4.69) is 0 Å². The summed E-state index contributed by atoms with van der Waals surface area (Å²) >= 11 is 0. The van der Waals surface area contributed by atoms with Crippen LogP contribution in [0, 0.1) is 0 Å². The normalized spacial score (nSPS) is 11.6. The summed E-state index contributed by atoms with van der Waals surface area (Å²) in [6.45, 7) is 24.2. The Morgan fingerprint density at radius 2 is 0.333 bits per heavy atom. The van der Waals surface area contributed by atoms with Crippen molar-refractivity contribution in [2.75, 3.05) is 0 Å². The van der Waals surface area contributed by atoms with Crippen molar-refractivity contribution in [3.05, 3.63) is 0 Å². The summed E-state index contributed by atoms with van der Waals surface area (Å²) in [5.74, 6) is 0. The maximum Gasteiger partial charge on any atom is 4.00 e. The molecule has 4 nitrogen and oxygen atoms in total. The Morgan fingerprint density at radius 3 is 0.333 bits per heavy atom. The van der Waals surface area contributed by atoms with E-state index >= 15 is 0 Å². The summed E-state index contributed by atoms with van der Waals surface area (Å²) in [4.78, 5) is 45.4. The van der Waals surface area contributed by atoms with Gasteiger partial charge in [0.15, 0.2) is 0 Å². The molecule has 0 radical (unpaired) electrons. The van der Waals surface area contributed by atoms with E-state index < -0.39 is 33.3 Å². The summed E-state index contributed by atoms with van der Waals surface area (Å²) in [6, 6.07) is 10.8. The molecule has 0 aliphatic carbocycles. The van der Waals surface area contributed by atoms with Crippen LogP contribution in [0.15, 0.2) is 0 Å². The zero-order valence-electron chi connectivity index (χ0n) is 24.6. The van der Waals surface area contributed by atoms with Gasteiger partial charge in [0.2, 0.25) is 0 Å². The second kappa shape index (κ2) is 25.2. The van der Waals surface area contributed by atoms with Gasteiger partial charge in [-0.1, -0.05) is 156 Å². The molecule has 0 aliphatic rings. The minimum absolute atomic E-state index is 0. The molecule has 0 unspecified atom stereocenters. The summed E-state index contributed by atoms with van der Waals surface area (Å²) in [5, 5.41) is 0. The zero-order chi connectivity index (χ0) is 26.5. The fourth-order valence-electron chi connectivity index (χ4n) is 3.00. The van der Waals surface area contributed by atoms with Crippen LogP contribution in [0.25, 0.3) is 0 Å². The van der Waals surface area contributed by atoms with Gasteiger partial charge in [0.1, 0.15) is 0 Å². The fourth-order valence-corrected chi connectivity index (χ4v) is 9.00. The van der Waals surface area contributed by atoms with E-state index in [-0.39, 0.29) is 26.2 Å². The van der Waals surface area contributed by atoms with Crippen molar-refractivity contribution in [2.45, 2.75) is 156 Å². The van der Waals surface area contributed by atoms with Gasteiger partial charge in [-0.3, -0.25) is 0 Å². The molecule has 33 heavy (non-hydrogen) atoms. The van der Waals surface area contributed by atoms with Gasteiger partial charge in [0.25, 0.3) is 0 Å². The van der Waals surface area contributed by atoms with Gasteiger partial charge < -0.3 is 19.2 Å². The van der Waals surface area contributed by atoms with Crippen LogP contribution in [-0.2, 0) is 26.2 Å². The molecule has 0 aromatic heterocycles. The van der Waals surface area contributed by atoms with E-state index in [9.17, 15) is 19.2 Å². The predicted molar refractivity (Wildman–Crippen MR) is 149 cm³/mol. The van der Waals surface area contributed by atoms with E-state index in [1.807, 2.05) is 83.1 Å². The van der Waals surface area contributed by atoms with E-state index in [0.29, 0.717) is 0 Å². The largest absolute Gasteiger partial charge is 4.00 e. The summed E-state index contributed by atoms with van der Waals surface area (Å²) in [5.41, 5.74) is 0. The fraction of sp³-hybridized carbons (Fsp3) is 1.00. The first-order chi connectivity index (χ1) is 14.7. The molecule has 200 valence electrons. The Labute approximate surface area is 233 Å². The van der Waals surface area contributed by atoms with E-state index in [4.69, 9.17) is 0 Å². The van der Waals surface area contributed by atoms with E-state index in [1.54, 1.807) is 0 Å². The van der Waals surface area contributed by atoms with Crippen LogP contribution in [0.4, 0.5) is 0 Å². The van der Waals surface area contributed by atoms with Crippen LogP contribution < -0.4 is 19.2 Å². The second-order valence-corrected chi connectivity index (χ2v) is 26.9.